The first-order valence-electron chi connectivity index (χ1n) is 29.6. The van der Waals surface area contributed by atoms with E-state index in [4.69, 9.17) is 44.4 Å². The second-order valence-electron chi connectivity index (χ2n) is 22.3. The zero-order valence-corrected chi connectivity index (χ0v) is 55.7. The average molecular weight is 1380 g/mol. The Bertz CT molecular complexity index is 4040. The number of aromatic nitrogens is 7. The van der Waals surface area contributed by atoms with Gasteiger partial charge in [-0.25, -0.2) is 39.7 Å². The molecule has 10 bridgehead atoms. The fraction of sp³-hybridized carbons (Fsp3) is 0.393. The monoisotopic (exact) mass is 1380 g/mol. The van der Waals surface area contributed by atoms with Crippen molar-refractivity contribution in [3.8, 4) is 43.4 Å². The van der Waals surface area contributed by atoms with Gasteiger partial charge in [0.1, 0.15) is 82.2 Å². The van der Waals surface area contributed by atoms with E-state index in [1.807, 2.05) is 13.8 Å². The van der Waals surface area contributed by atoms with E-state index in [1.54, 1.807) is 70.9 Å². The molecular formula is C61H65N13O13S6. The van der Waals surface area contributed by atoms with E-state index >= 15 is 0 Å². The van der Waals surface area contributed by atoms with Crippen LogP contribution < -0.4 is 31.5 Å². The molecule has 10 rings (SSSR count). The molecule has 8 heterocycles. The molecule has 8 aromatic rings. The quantitative estimate of drug-likeness (QED) is 0.0393. The van der Waals surface area contributed by atoms with Gasteiger partial charge < -0.3 is 51.4 Å². The molecule has 1 saturated carbocycles. The van der Waals surface area contributed by atoms with Gasteiger partial charge in [0, 0.05) is 59.1 Å². The number of rotatable bonds is 17. The Balaban J connectivity index is 1.03. The highest BCUT2D eigenvalue weighted by atomic mass is 32.1. The highest BCUT2D eigenvalue weighted by molar-refractivity contribution is 7.15. The van der Waals surface area contributed by atoms with Crippen LogP contribution in [-0.2, 0) is 35.3 Å². The summed E-state index contributed by atoms with van der Waals surface area (Å²) in [6.07, 6.45) is 0.362. The van der Waals surface area contributed by atoms with Crippen LogP contribution in [0.3, 0.4) is 0 Å². The third-order valence-electron chi connectivity index (χ3n) is 15.4. The number of methoxy groups -OCH3 is 1. The van der Waals surface area contributed by atoms with Crippen LogP contribution in [0.25, 0.3) is 43.4 Å². The molecule has 7 aromatic heterocycles. The van der Waals surface area contributed by atoms with Gasteiger partial charge in [0.05, 0.1) is 54.8 Å². The average Bonchev–Trinajstić information content (AvgIpc) is 1.70. The highest BCUT2D eigenvalue weighted by Crippen LogP contribution is 2.41. The molecule has 6 amide bonds. The molecule has 488 valence electrons. The number of unbranched alkanes of at least 4 members (excludes halogenated alkanes) is 1. The van der Waals surface area contributed by atoms with Crippen LogP contribution in [0, 0.1) is 24.7 Å². The Kier molecular flexibility index (Phi) is 22.2. The summed E-state index contributed by atoms with van der Waals surface area (Å²) in [5.74, 6) is -5.31. The number of aliphatic hydroxyl groups excluding tert-OH is 1. The molecule has 2 aliphatic rings. The standard InChI is InChI=1S/C61H65N13O13S6/c1-29(2)45-59-73-48(40(93-59)24-86-5)52(81)63-22-43(76)70-49(50(79)32-11-7-6-8-12-32)58-68-39(27-90-58)56-66-37(25-89-56)47-34(54-67-38(26-88-54)51(80)65-36(21-42(75)62-4)57-72-46(30(3)92-57)53(82)71-45)18-19-35(64-47)55-69-41(28-91-55)74(20-10-9-13-44(77)78)61(85)87-23-31-14-16-33(17-15-31)60(83)84/h6-8,11-12,18-19,25-29,31,33,36,45,49-50,79H,9-10,13-17,20-24H2,1-5H3,(H,62,75)(H,63,81)(H,65,80)(H,70,76)(H,71,82)(H,77,78)(H,83,84)/t31?,33?,36-,45?,49-,50-/m0/s1. The summed E-state index contributed by atoms with van der Waals surface area (Å²) in [4.78, 5) is 143. The van der Waals surface area contributed by atoms with Crippen LogP contribution >= 0.6 is 68.0 Å². The summed E-state index contributed by atoms with van der Waals surface area (Å²) < 4.78 is 11.3. The Hall–Kier alpha value is -8.37. The maximum absolute atomic E-state index is 14.4. The first-order valence-corrected chi connectivity index (χ1v) is 34.7. The number of anilines is 1. The number of fused-ring (bicyclic) bond motifs is 14. The maximum atomic E-state index is 14.4. The molecule has 1 aliphatic heterocycles. The van der Waals surface area contributed by atoms with Gasteiger partial charge in [-0.05, 0) is 75.0 Å². The Morgan fingerprint density at radius 2 is 1.41 bits per heavy atom. The molecule has 4 atom stereocenters. The van der Waals surface area contributed by atoms with Crippen LogP contribution in [0.2, 0.25) is 0 Å². The van der Waals surface area contributed by atoms with Crippen molar-refractivity contribution in [2.45, 2.75) is 103 Å². The third-order valence-corrected chi connectivity index (χ3v) is 21.1. The molecule has 93 heavy (non-hydrogen) atoms. The zero-order valence-electron chi connectivity index (χ0n) is 50.8. The van der Waals surface area contributed by atoms with Crippen molar-refractivity contribution < 1.29 is 63.1 Å². The molecule has 0 saturated heterocycles. The van der Waals surface area contributed by atoms with E-state index in [9.17, 15) is 53.7 Å². The number of nitrogens with one attached hydrogen (secondary N) is 5. The van der Waals surface area contributed by atoms with Crippen LogP contribution in [0.5, 0.6) is 0 Å². The summed E-state index contributed by atoms with van der Waals surface area (Å²) in [5.41, 5.74) is 2.39. The summed E-state index contributed by atoms with van der Waals surface area (Å²) in [6, 6.07) is 9.30. The summed E-state index contributed by atoms with van der Waals surface area (Å²) in [7, 11) is 2.92. The van der Waals surface area contributed by atoms with Crippen molar-refractivity contribution in [3.63, 3.8) is 0 Å². The van der Waals surface area contributed by atoms with E-state index in [0.717, 1.165) is 34.0 Å². The van der Waals surface area contributed by atoms with Crippen LogP contribution in [0.1, 0.15) is 151 Å². The second kappa shape index (κ2) is 30.6. The van der Waals surface area contributed by atoms with E-state index < -0.39 is 84.3 Å². The van der Waals surface area contributed by atoms with E-state index in [2.05, 4.69) is 26.6 Å². The number of aliphatic carboxylic acids is 2. The zero-order chi connectivity index (χ0) is 66.0. The first-order chi connectivity index (χ1) is 44.7. The number of benzene rings is 1. The lowest BCUT2D eigenvalue weighted by atomic mass is 9.82. The Morgan fingerprint density at radius 1 is 0.699 bits per heavy atom. The Morgan fingerprint density at radius 3 is 2.14 bits per heavy atom. The topological polar surface area (TPSA) is 369 Å². The highest BCUT2D eigenvalue weighted by Gasteiger charge is 2.34. The number of nitrogens with zero attached hydrogens (tertiary/aromatic N) is 8. The molecule has 1 unspecified atom stereocenters. The minimum Gasteiger partial charge on any atom is -0.481 e. The van der Waals surface area contributed by atoms with Crippen LogP contribution in [-0.4, -0.2) is 132 Å². The van der Waals surface area contributed by atoms with E-state index in [0.29, 0.717) is 101 Å². The van der Waals surface area contributed by atoms with Crippen molar-refractivity contribution in [2.75, 3.05) is 38.8 Å². The number of hydrogen-bond donors (Lipinski definition) is 8. The largest absolute Gasteiger partial charge is 0.481 e. The lowest BCUT2D eigenvalue weighted by Gasteiger charge is -2.27. The van der Waals surface area contributed by atoms with Crippen LogP contribution in [0.15, 0.2) is 64.0 Å². The number of carboxylic acid groups (broad SMARTS) is 2. The molecule has 1 fully saturated rings. The number of aryl methyl sites for hydroxylation is 1. The maximum Gasteiger partial charge on any atom is 0.415 e. The minimum absolute atomic E-state index is 0.00704. The number of pyridine rings is 1. The predicted molar refractivity (Wildman–Crippen MR) is 350 cm³/mol. The molecule has 1 aromatic carbocycles. The van der Waals surface area contributed by atoms with Gasteiger partial charge >= 0.3 is 18.0 Å². The second-order valence-corrected chi connectivity index (χ2v) is 28.1. The number of carbonyl (C=O) groups is 8. The van der Waals surface area contributed by atoms with Gasteiger partial charge in [-0.3, -0.25) is 38.5 Å². The van der Waals surface area contributed by atoms with Crippen molar-refractivity contribution in [1.82, 2.24) is 61.5 Å². The van der Waals surface area contributed by atoms with E-state index in [-0.39, 0.29) is 78.8 Å². The number of amides is 6. The van der Waals surface area contributed by atoms with Crippen molar-refractivity contribution >= 4 is 121 Å². The number of hydrogen-bond acceptors (Lipinski definition) is 24. The van der Waals surface area contributed by atoms with Gasteiger partial charge in [0.15, 0.2) is 0 Å². The fourth-order valence-corrected chi connectivity index (χ4v) is 15.9. The molecule has 1 aliphatic carbocycles. The lowest BCUT2D eigenvalue weighted by Crippen LogP contribution is -2.40. The number of carboxylic acids is 2. The van der Waals surface area contributed by atoms with Gasteiger partial charge in [0.25, 0.3) is 17.7 Å². The van der Waals surface area contributed by atoms with Crippen molar-refractivity contribution in [1.29, 1.82) is 0 Å². The Labute approximate surface area is 556 Å². The summed E-state index contributed by atoms with van der Waals surface area (Å²) in [5, 5.41) is 53.8. The van der Waals surface area contributed by atoms with Gasteiger partial charge in [0.2, 0.25) is 11.8 Å². The van der Waals surface area contributed by atoms with Crippen LogP contribution in [0.4, 0.5) is 10.6 Å². The molecule has 32 heteroatoms. The first kappa shape index (κ1) is 67.5. The SMILES string of the molecule is CNC(=O)C[C@@H]1NC(=O)c2csc(n2)-c2ccc(-c3nc(N(CCCCC(=O)O)C(=O)OCC4CCC(C(=O)O)CC4)cs3)nc2-c2csc(n2)-c2csc(n2)[C@H]([C@@H](O)c2ccccc2)NC(=O)CNC(=O)c2nc(sc2COC)C(C(C)C)NC(=O)c2nc1sc2C. The number of thiazole rings is 6. The number of aliphatic hydroxyl groups is 1. The molecule has 0 spiro atoms. The molecule has 0 radical (unpaired) electrons. The molecular weight excluding hydrogens is 1320 g/mol. The minimum atomic E-state index is -1.31. The van der Waals surface area contributed by atoms with Gasteiger partial charge in [-0.15, -0.1) is 68.0 Å². The lowest BCUT2D eigenvalue weighted by molar-refractivity contribution is -0.143. The fourth-order valence-electron chi connectivity index (χ4n) is 10.4. The summed E-state index contributed by atoms with van der Waals surface area (Å²) >= 11 is 7.03. The van der Waals surface area contributed by atoms with Gasteiger partial charge in [-0.1, -0.05) is 44.2 Å². The molecule has 26 nitrogen and oxygen atoms in total. The summed E-state index contributed by atoms with van der Waals surface area (Å²) in [6.45, 7) is 5.05. The van der Waals surface area contributed by atoms with Gasteiger partial charge in [-0.2, -0.15) is 0 Å². The normalized spacial score (nSPS) is 18.3. The van der Waals surface area contributed by atoms with Crippen molar-refractivity contribution in [2.24, 2.45) is 17.8 Å². The van der Waals surface area contributed by atoms with Crippen molar-refractivity contribution in [3.05, 3.63) is 111 Å². The number of carbonyl (C=O) groups excluding carboxylic acids is 6. The third kappa shape index (κ3) is 16.3. The molecule has 8 N–H and O–H groups in total. The van der Waals surface area contributed by atoms with E-state index in [1.165, 1.54) is 53.1 Å². The predicted octanol–water partition coefficient (Wildman–Crippen LogP) is 9.40. The number of ether oxygens (including phenoxy) is 2. The smallest absolute Gasteiger partial charge is 0.415 e.